The summed E-state index contributed by atoms with van der Waals surface area (Å²) in [6.07, 6.45) is 0.977. The van der Waals surface area contributed by atoms with Crippen LogP contribution in [0.1, 0.15) is 54.9 Å². The number of halogens is 2. The molecule has 1 unspecified atom stereocenters. The number of benzene rings is 2. The van der Waals surface area contributed by atoms with Gasteiger partial charge in [0, 0.05) is 25.2 Å². The number of nitro groups is 1. The van der Waals surface area contributed by atoms with Crippen LogP contribution in [-0.4, -0.2) is 60.9 Å². The van der Waals surface area contributed by atoms with E-state index in [-0.39, 0.29) is 29.7 Å². The Hall–Kier alpha value is -3.44. The number of carbonyl (C=O) groups is 2. The van der Waals surface area contributed by atoms with E-state index in [4.69, 9.17) is 14.2 Å². The van der Waals surface area contributed by atoms with Crippen molar-refractivity contribution in [1.82, 2.24) is 4.90 Å². The van der Waals surface area contributed by atoms with Crippen LogP contribution in [0.25, 0.3) is 0 Å². The zero-order chi connectivity index (χ0) is 28.2. The zero-order valence-electron chi connectivity index (χ0n) is 21.9. The van der Waals surface area contributed by atoms with E-state index in [1.807, 2.05) is 6.92 Å². The molecule has 0 amide bonds. The van der Waals surface area contributed by atoms with Gasteiger partial charge in [-0.3, -0.25) is 14.9 Å². The lowest BCUT2D eigenvalue weighted by atomic mass is 9.78. The van der Waals surface area contributed by atoms with Crippen LogP contribution in [0, 0.1) is 33.1 Å². The first-order valence-corrected chi connectivity index (χ1v) is 13.0. The molecule has 11 heteroatoms. The number of nitro benzene ring substituents is 1. The van der Waals surface area contributed by atoms with Gasteiger partial charge in [0.2, 0.25) is 6.29 Å². The molecule has 0 radical (unpaired) electrons. The Labute approximate surface area is 225 Å². The van der Waals surface area contributed by atoms with Crippen molar-refractivity contribution in [3.8, 4) is 0 Å². The van der Waals surface area contributed by atoms with E-state index in [0.29, 0.717) is 38.1 Å². The van der Waals surface area contributed by atoms with E-state index in [1.165, 1.54) is 30.3 Å². The third kappa shape index (κ3) is 6.59. The van der Waals surface area contributed by atoms with Crippen molar-refractivity contribution in [1.29, 1.82) is 0 Å². The van der Waals surface area contributed by atoms with Crippen molar-refractivity contribution < 1.29 is 37.5 Å². The molecule has 2 aromatic rings. The summed E-state index contributed by atoms with van der Waals surface area (Å²) in [4.78, 5) is 38.1. The van der Waals surface area contributed by atoms with E-state index in [1.54, 1.807) is 6.92 Å². The van der Waals surface area contributed by atoms with E-state index >= 15 is 0 Å². The normalized spacial score (nSPS) is 25.6. The number of carbonyl (C=O) groups excluding carboxylic acids is 2. The molecule has 0 aromatic heterocycles. The molecule has 0 aliphatic carbocycles. The van der Waals surface area contributed by atoms with Crippen LogP contribution in [0.4, 0.5) is 14.5 Å². The number of nitrogens with zero attached hydrogens (tertiary/aromatic N) is 2. The number of esters is 2. The molecule has 2 aliphatic rings. The Morgan fingerprint density at radius 2 is 1.92 bits per heavy atom. The number of hydrogen-bond acceptors (Lipinski definition) is 8. The second kappa shape index (κ2) is 12.2. The van der Waals surface area contributed by atoms with Crippen molar-refractivity contribution in [2.24, 2.45) is 11.3 Å². The van der Waals surface area contributed by atoms with Gasteiger partial charge in [0.1, 0.15) is 0 Å². The number of ether oxygens (including phenoxy) is 3. The van der Waals surface area contributed by atoms with Gasteiger partial charge in [0.25, 0.3) is 5.69 Å². The van der Waals surface area contributed by atoms with Gasteiger partial charge in [-0.1, -0.05) is 6.07 Å². The van der Waals surface area contributed by atoms with Crippen molar-refractivity contribution in [3.05, 3.63) is 75.3 Å². The first-order chi connectivity index (χ1) is 18.6. The molecule has 0 saturated carbocycles. The SMILES string of the molecule is CCOC(=O)[C@]1(C)CCCN(C[C@@H]2CCOC(OC(=O)c3ccc([N+](=O)[O-])cc3)[C@H]2c2ccc(F)c(F)c2)C1. The predicted molar refractivity (Wildman–Crippen MR) is 136 cm³/mol. The number of non-ortho nitro benzene ring substituents is 1. The number of rotatable bonds is 8. The van der Waals surface area contributed by atoms with E-state index in [2.05, 4.69) is 4.90 Å². The van der Waals surface area contributed by atoms with Crippen LogP contribution in [0.5, 0.6) is 0 Å². The third-order valence-electron chi connectivity index (χ3n) is 7.47. The fourth-order valence-corrected chi connectivity index (χ4v) is 5.50. The first-order valence-electron chi connectivity index (χ1n) is 13.0. The van der Waals surface area contributed by atoms with Crippen molar-refractivity contribution in [2.75, 3.05) is 32.8 Å². The van der Waals surface area contributed by atoms with Crippen LogP contribution in [0.2, 0.25) is 0 Å². The zero-order valence-corrected chi connectivity index (χ0v) is 21.9. The standard InChI is InChI=1S/C28H32F2N2O7/c1-3-37-27(34)28(2)12-4-13-31(17-28)16-20-11-14-38-26(24(20)19-7-10-22(29)23(30)15-19)39-25(33)18-5-8-21(9-6-18)32(35)36/h5-10,15,20,24,26H,3-4,11-14,16-17H2,1-2H3/t20-,24-,26?,28+/m0/s1. The molecule has 210 valence electrons. The molecule has 2 aliphatic heterocycles. The maximum absolute atomic E-state index is 14.3. The van der Waals surface area contributed by atoms with Gasteiger partial charge in [-0.25, -0.2) is 13.6 Å². The highest BCUT2D eigenvalue weighted by Gasteiger charge is 2.43. The molecule has 4 rings (SSSR count). The van der Waals surface area contributed by atoms with Crippen molar-refractivity contribution in [3.63, 3.8) is 0 Å². The molecular weight excluding hydrogens is 514 g/mol. The molecule has 0 spiro atoms. The smallest absolute Gasteiger partial charge is 0.340 e. The second-order valence-electron chi connectivity index (χ2n) is 10.3. The minimum absolute atomic E-state index is 0.0941. The maximum Gasteiger partial charge on any atom is 0.340 e. The topological polar surface area (TPSA) is 108 Å². The molecule has 4 atom stereocenters. The monoisotopic (exact) mass is 546 g/mol. The predicted octanol–water partition coefficient (Wildman–Crippen LogP) is 4.84. The van der Waals surface area contributed by atoms with E-state index in [9.17, 15) is 28.5 Å². The van der Waals surface area contributed by atoms with Gasteiger partial charge in [0.15, 0.2) is 11.6 Å². The van der Waals surface area contributed by atoms with E-state index in [0.717, 1.165) is 25.1 Å². The summed E-state index contributed by atoms with van der Waals surface area (Å²) >= 11 is 0. The molecule has 39 heavy (non-hydrogen) atoms. The lowest BCUT2D eigenvalue weighted by Gasteiger charge is -2.43. The third-order valence-corrected chi connectivity index (χ3v) is 7.47. The number of piperidine rings is 1. The fraction of sp³-hybridized carbons (Fsp3) is 0.500. The molecule has 2 saturated heterocycles. The van der Waals surface area contributed by atoms with Gasteiger partial charge in [0.05, 0.1) is 35.0 Å². The molecule has 9 nitrogen and oxygen atoms in total. The highest BCUT2D eigenvalue weighted by molar-refractivity contribution is 5.89. The Morgan fingerprint density at radius 3 is 2.59 bits per heavy atom. The highest BCUT2D eigenvalue weighted by Crippen LogP contribution is 2.40. The first kappa shape index (κ1) is 28.6. The quantitative estimate of drug-likeness (QED) is 0.263. The highest BCUT2D eigenvalue weighted by atomic mass is 19.2. The summed E-state index contributed by atoms with van der Waals surface area (Å²) in [7, 11) is 0. The molecule has 2 heterocycles. The van der Waals surface area contributed by atoms with Crippen LogP contribution in [0.3, 0.4) is 0 Å². The maximum atomic E-state index is 14.3. The van der Waals surface area contributed by atoms with Crippen LogP contribution in [0.15, 0.2) is 42.5 Å². The molecule has 0 N–H and O–H groups in total. The Balaban J connectivity index is 1.57. The summed E-state index contributed by atoms with van der Waals surface area (Å²) < 4.78 is 44.9. The van der Waals surface area contributed by atoms with Crippen molar-refractivity contribution in [2.45, 2.75) is 45.3 Å². The minimum Gasteiger partial charge on any atom is -0.466 e. The minimum atomic E-state index is -1.10. The Bertz CT molecular complexity index is 1210. The van der Waals surface area contributed by atoms with Gasteiger partial charge >= 0.3 is 11.9 Å². The summed E-state index contributed by atoms with van der Waals surface area (Å²) in [6, 6.07) is 8.55. The largest absolute Gasteiger partial charge is 0.466 e. The lowest BCUT2D eigenvalue weighted by Crippen LogP contribution is -2.50. The van der Waals surface area contributed by atoms with E-state index < -0.39 is 40.1 Å². The second-order valence-corrected chi connectivity index (χ2v) is 10.3. The van der Waals surface area contributed by atoms with Gasteiger partial charge in [-0.15, -0.1) is 0 Å². The number of hydrogen-bond donors (Lipinski definition) is 0. The summed E-state index contributed by atoms with van der Waals surface area (Å²) in [5, 5.41) is 10.9. The van der Waals surface area contributed by atoms with Gasteiger partial charge in [-0.2, -0.15) is 0 Å². The fourth-order valence-electron chi connectivity index (χ4n) is 5.50. The Morgan fingerprint density at radius 1 is 1.18 bits per heavy atom. The van der Waals surface area contributed by atoms with Gasteiger partial charge in [-0.05, 0) is 75.4 Å². The molecule has 2 fully saturated rings. The average Bonchev–Trinajstić information content (AvgIpc) is 2.91. The van der Waals surface area contributed by atoms with Crippen LogP contribution >= 0.6 is 0 Å². The molecule has 2 aromatic carbocycles. The summed E-state index contributed by atoms with van der Waals surface area (Å²) in [6.45, 7) is 6.00. The summed E-state index contributed by atoms with van der Waals surface area (Å²) in [5.74, 6) is -3.79. The van der Waals surface area contributed by atoms with Crippen LogP contribution < -0.4 is 0 Å². The Kier molecular flexibility index (Phi) is 8.91. The van der Waals surface area contributed by atoms with Crippen LogP contribution in [-0.2, 0) is 19.0 Å². The average molecular weight is 547 g/mol. The van der Waals surface area contributed by atoms with Crippen molar-refractivity contribution >= 4 is 17.6 Å². The summed E-state index contributed by atoms with van der Waals surface area (Å²) in [5.41, 5.74) is -0.308. The van der Waals surface area contributed by atoms with Gasteiger partial charge < -0.3 is 19.1 Å². The lowest BCUT2D eigenvalue weighted by molar-refractivity contribution is -0.384. The molecule has 0 bridgehead atoms. The molecular formula is C28H32F2N2O7. The number of likely N-dealkylation sites (tertiary alicyclic amines) is 1.